The van der Waals surface area contributed by atoms with E-state index in [9.17, 15) is 0 Å². The van der Waals surface area contributed by atoms with Gasteiger partial charge in [-0.2, -0.15) is 0 Å². The van der Waals surface area contributed by atoms with Crippen molar-refractivity contribution in [3.05, 3.63) is 28.2 Å². The van der Waals surface area contributed by atoms with E-state index in [1.54, 1.807) is 0 Å². The van der Waals surface area contributed by atoms with Gasteiger partial charge in [0, 0.05) is 19.2 Å². The maximum absolute atomic E-state index is 5.85. The quantitative estimate of drug-likeness (QED) is 0.705. The summed E-state index contributed by atoms with van der Waals surface area (Å²) in [6.45, 7) is 6.88. The van der Waals surface area contributed by atoms with Gasteiger partial charge in [-0.1, -0.05) is 19.9 Å². The molecule has 3 nitrogen and oxygen atoms in total. The summed E-state index contributed by atoms with van der Waals surface area (Å²) in [5.74, 6) is 0.927. The van der Waals surface area contributed by atoms with Gasteiger partial charge in [0.25, 0.3) is 0 Å². The lowest BCUT2D eigenvalue weighted by molar-refractivity contribution is 0.0981. The Morgan fingerprint density at radius 2 is 2.29 bits per heavy atom. The number of hydrogen-bond donors (Lipinski definition) is 1. The van der Waals surface area contributed by atoms with E-state index in [1.165, 1.54) is 18.4 Å². The van der Waals surface area contributed by atoms with Crippen LogP contribution in [-0.2, 0) is 11.3 Å². The standard InChI is InChI=1S/C17H26BrNO2/c1-13(2)19-12-14-7-8-17(16(18)11-14)21-10-4-6-15-5-3-9-20-15/h7-8,11,13,15,19H,3-6,9-10,12H2,1-2H3. The lowest BCUT2D eigenvalue weighted by Crippen LogP contribution is -2.21. The van der Waals surface area contributed by atoms with Crippen LogP contribution in [0, 0.1) is 0 Å². The molecular weight excluding hydrogens is 330 g/mol. The van der Waals surface area contributed by atoms with Crippen molar-refractivity contribution in [3.8, 4) is 5.75 Å². The van der Waals surface area contributed by atoms with E-state index in [4.69, 9.17) is 9.47 Å². The Balaban J connectivity index is 1.72. The fourth-order valence-electron chi connectivity index (χ4n) is 2.46. The predicted octanol–water partition coefficient (Wildman–Crippen LogP) is 4.29. The van der Waals surface area contributed by atoms with E-state index in [0.717, 1.165) is 42.8 Å². The first-order chi connectivity index (χ1) is 10.1. The molecule has 0 aliphatic carbocycles. The smallest absolute Gasteiger partial charge is 0.133 e. The van der Waals surface area contributed by atoms with E-state index in [2.05, 4.69) is 47.2 Å². The van der Waals surface area contributed by atoms with Crippen LogP contribution in [0.4, 0.5) is 0 Å². The first-order valence-electron chi connectivity index (χ1n) is 7.91. The van der Waals surface area contributed by atoms with Crippen LogP contribution in [-0.4, -0.2) is 25.4 Å². The largest absolute Gasteiger partial charge is 0.492 e. The molecule has 21 heavy (non-hydrogen) atoms. The zero-order valence-corrected chi connectivity index (χ0v) is 14.6. The maximum Gasteiger partial charge on any atom is 0.133 e. The number of rotatable bonds is 8. The summed E-state index contributed by atoms with van der Waals surface area (Å²) >= 11 is 3.60. The Morgan fingerprint density at radius 1 is 1.43 bits per heavy atom. The molecule has 0 spiro atoms. The molecule has 0 bridgehead atoms. The fraction of sp³-hybridized carbons (Fsp3) is 0.647. The van der Waals surface area contributed by atoms with Crippen LogP contribution in [0.1, 0.15) is 45.1 Å². The van der Waals surface area contributed by atoms with Crippen LogP contribution >= 0.6 is 15.9 Å². The molecule has 1 heterocycles. The monoisotopic (exact) mass is 355 g/mol. The van der Waals surface area contributed by atoms with Gasteiger partial charge in [-0.15, -0.1) is 0 Å². The van der Waals surface area contributed by atoms with Crippen molar-refractivity contribution in [2.75, 3.05) is 13.2 Å². The molecule has 1 atom stereocenters. The normalized spacial score (nSPS) is 18.4. The molecule has 1 aliphatic heterocycles. The Hall–Kier alpha value is -0.580. The summed E-state index contributed by atoms with van der Waals surface area (Å²) < 4.78 is 12.5. The zero-order valence-electron chi connectivity index (χ0n) is 13.0. The second-order valence-corrected chi connectivity index (χ2v) is 6.78. The first kappa shape index (κ1) is 16.8. The van der Waals surface area contributed by atoms with Gasteiger partial charge in [0.1, 0.15) is 5.75 Å². The molecule has 1 saturated heterocycles. The molecule has 118 valence electrons. The Morgan fingerprint density at radius 3 is 2.95 bits per heavy atom. The molecule has 2 rings (SSSR count). The number of hydrogen-bond acceptors (Lipinski definition) is 3. The van der Waals surface area contributed by atoms with Crippen LogP contribution in [0.2, 0.25) is 0 Å². The van der Waals surface area contributed by atoms with Crippen molar-refractivity contribution in [1.29, 1.82) is 0 Å². The Labute approximate surface area is 136 Å². The van der Waals surface area contributed by atoms with Gasteiger partial charge in [0.15, 0.2) is 0 Å². The van der Waals surface area contributed by atoms with Gasteiger partial charge in [-0.3, -0.25) is 0 Å². The molecule has 1 aliphatic rings. The van der Waals surface area contributed by atoms with Crippen molar-refractivity contribution in [2.45, 2.75) is 58.2 Å². The van der Waals surface area contributed by atoms with Crippen LogP contribution in [0.15, 0.2) is 22.7 Å². The van der Waals surface area contributed by atoms with Crippen molar-refractivity contribution in [3.63, 3.8) is 0 Å². The van der Waals surface area contributed by atoms with E-state index >= 15 is 0 Å². The molecule has 0 radical (unpaired) electrons. The average molecular weight is 356 g/mol. The SMILES string of the molecule is CC(C)NCc1ccc(OCCCC2CCCO2)c(Br)c1. The highest BCUT2D eigenvalue weighted by Gasteiger charge is 2.14. The highest BCUT2D eigenvalue weighted by Crippen LogP contribution is 2.26. The zero-order chi connectivity index (χ0) is 15.1. The third kappa shape index (κ3) is 5.97. The summed E-state index contributed by atoms with van der Waals surface area (Å²) in [5, 5.41) is 3.42. The van der Waals surface area contributed by atoms with Gasteiger partial charge in [-0.25, -0.2) is 0 Å². The topological polar surface area (TPSA) is 30.5 Å². The molecular formula is C17H26BrNO2. The second kappa shape index (κ2) is 8.76. The second-order valence-electron chi connectivity index (χ2n) is 5.93. The fourth-order valence-corrected chi connectivity index (χ4v) is 3.00. The van der Waals surface area contributed by atoms with Gasteiger partial charge in [0.2, 0.25) is 0 Å². The van der Waals surface area contributed by atoms with Gasteiger partial charge in [0.05, 0.1) is 17.2 Å². The third-order valence-corrected chi connectivity index (χ3v) is 4.28. The third-order valence-electron chi connectivity index (χ3n) is 3.66. The highest BCUT2D eigenvalue weighted by molar-refractivity contribution is 9.10. The van der Waals surface area contributed by atoms with Gasteiger partial charge in [-0.05, 0) is 59.3 Å². The van der Waals surface area contributed by atoms with E-state index in [-0.39, 0.29) is 0 Å². The van der Waals surface area contributed by atoms with Crippen molar-refractivity contribution in [1.82, 2.24) is 5.32 Å². The Kier molecular flexibility index (Phi) is 7.00. The summed E-state index contributed by atoms with van der Waals surface area (Å²) in [6, 6.07) is 6.80. The molecule has 0 saturated carbocycles. The number of nitrogens with one attached hydrogen (secondary N) is 1. The summed E-state index contributed by atoms with van der Waals surface area (Å²) in [7, 11) is 0. The van der Waals surface area contributed by atoms with E-state index < -0.39 is 0 Å². The van der Waals surface area contributed by atoms with Crippen LogP contribution < -0.4 is 10.1 Å². The van der Waals surface area contributed by atoms with Crippen LogP contribution in [0.25, 0.3) is 0 Å². The van der Waals surface area contributed by atoms with E-state index in [1.807, 2.05) is 6.07 Å². The molecule has 0 amide bonds. The van der Waals surface area contributed by atoms with Crippen molar-refractivity contribution < 1.29 is 9.47 Å². The summed E-state index contributed by atoms with van der Waals surface area (Å²) in [5.41, 5.74) is 1.27. The lowest BCUT2D eigenvalue weighted by Gasteiger charge is -2.13. The molecule has 1 aromatic carbocycles. The minimum atomic E-state index is 0.460. The summed E-state index contributed by atoms with van der Waals surface area (Å²) in [4.78, 5) is 0. The molecule has 0 aromatic heterocycles. The molecule has 1 aromatic rings. The number of benzene rings is 1. The molecule has 1 N–H and O–H groups in total. The highest BCUT2D eigenvalue weighted by atomic mass is 79.9. The van der Waals surface area contributed by atoms with Crippen molar-refractivity contribution >= 4 is 15.9 Å². The summed E-state index contributed by atoms with van der Waals surface area (Å²) in [6.07, 6.45) is 5.04. The number of halogens is 1. The van der Waals surface area contributed by atoms with Crippen molar-refractivity contribution in [2.24, 2.45) is 0 Å². The maximum atomic E-state index is 5.85. The van der Waals surface area contributed by atoms with Gasteiger partial charge >= 0.3 is 0 Å². The van der Waals surface area contributed by atoms with Gasteiger partial charge < -0.3 is 14.8 Å². The van der Waals surface area contributed by atoms with E-state index in [0.29, 0.717) is 12.1 Å². The first-order valence-corrected chi connectivity index (χ1v) is 8.70. The predicted molar refractivity (Wildman–Crippen MR) is 89.8 cm³/mol. The Bertz CT molecular complexity index is 431. The minimum absolute atomic E-state index is 0.460. The average Bonchev–Trinajstić information content (AvgIpc) is 2.96. The molecule has 4 heteroatoms. The van der Waals surface area contributed by atoms with Crippen LogP contribution in [0.5, 0.6) is 5.75 Å². The minimum Gasteiger partial charge on any atom is -0.492 e. The molecule has 1 unspecified atom stereocenters. The number of ether oxygens (including phenoxy) is 2. The van der Waals surface area contributed by atoms with Crippen LogP contribution in [0.3, 0.4) is 0 Å². The molecule has 1 fully saturated rings. The lowest BCUT2D eigenvalue weighted by atomic mass is 10.1.